The second-order valence-electron chi connectivity index (χ2n) is 7.65. The molecule has 0 saturated carbocycles. The van der Waals surface area contributed by atoms with E-state index in [1.165, 1.54) is 7.11 Å². The van der Waals surface area contributed by atoms with Crippen LogP contribution in [0, 0.1) is 0 Å². The molecular formula is C22H25N3O4. The molecule has 1 aliphatic heterocycles. The van der Waals surface area contributed by atoms with Gasteiger partial charge in [-0.25, -0.2) is 4.79 Å². The van der Waals surface area contributed by atoms with Gasteiger partial charge in [-0.1, -0.05) is 30.3 Å². The number of benzene rings is 1. The number of methoxy groups -OCH3 is 1. The number of fused-ring (bicyclic) bond motifs is 1. The summed E-state index contributed by atoms with van der Waals surface area (Å²) >= 11 is 0. The maximum absolute atomic E-state index is 12.7. The Labute approximate surface area is 169 Å². The molecule has 0 bridgehead atoms. The standard InChI is InChI=1S/C22H25N3O4/c1-22(2,28)19(14-7-5-4-6-8-14)11-17(26)10-16-9-15-12-24-20(18(15)13-23-16)25-21(27)29-3/h4-9,13,19,28H,10-12H2,1-3H3,(H,24,25,27)/t19-/m0/s1. The van der Waals surface area contributed by atoms with E-state index >= 15 is 0 Å². The molecule has 0 saturated heterocycles. The molecule has 0 unspecified atom stereocenters. The number of nitrogens with zero attached hydrogens (tertiary/aromatic N) is 2. The molecule has 0 spiro atoms. The van der Waals surface area contributed by atoms with Crippen LogP contribution in [-0.2, 0) is 22.5 Å². The van der Waals surface area contributed by atoms with E-state index in [0.717, 1.165) is 16.7 Å². The Bertz CT molecular complexity index is 933. The number of aliphatic hydroxyl groups is 1. The Balaban J connectivity index is 1.69. The second-order valence-corrected chi connectivity index (χ2v) is 7.65. The van der Waals surface area contributed by atoms with Crippen molar-refractivity contribution >= 4 is 17.7 Å². The maximum Gasteiger partial charge on any atom is 0.412 e. The molecule has 1 aliphatic rings. The third-order valence-corrected chi connectivity index (χ3v) is 4.98. The van der Waals surface area contributed by atoms with Crippen molar-refractivity contribution < 1.29 is 19.4 Å². The number of aliphatic imine (C=N–C) groups is 1. The Morgan fingerprint density at radius 2 is 2.00 bits per heavy atom. The molecule has 2 aromatic rings. The number of ketones is 1. The van der Waals surface area contributed by atoms with E-state index in [9.17, 15) is 14.7 Å². The number of carbonyl (C=O) groups excluding carboxylic acids is 2. The summed E-state index contributed by atoms with van der Waals surface area (Å²) in [7, 11) is 1.29. The van der Waals surface area contributed by atoms with Gasteiger partial charge in [-0.05, 0) is 31.0 Å². The van der Waals surface area contributed by atoms with Crippen LogP contribution >= 0.6 is 0 Å². The summed E-state index contributed by atoms with van der Waals surface area (Å²) in [6.45, 7) is 3.85. The van der Waals surface area contributed by atoms with Gasteiger partial charge in [0, 0.05) is 36.2 Å². The van der Waals surface area contributed by atoms with Crippen LogP contribution in [0.5, 0.6) is 0 Å². The molecule has 7 nitrogen and oxygen atoms in total. The summed E-state index contributed by atoms with van der Waals surface area (Å²) in [5.41, 5.74) is 2.18. The number of ether oxygens (including phenoxy) is 1. The Morgan fingerprint density at radius 1 is 1.28 bits per heavy atom. The average Bonchev–Trinajstić information content (AvgIpc) is 3.07. The molecule has 1 atom stereocenters. The van der Waals surface area contributed by atoms with Gasteiger partial charge in [-0.3, -0.25) is 20.1 Å². The van der Waals surface area contributed by atoms with Gasteiger partial charge in [0.25, 0.3) is 0 Å². The van der Waals surface area contributed by atoms with Gasteiger partial charge in [-0.15, -0.1) is 0 Å². The molecule has 152 valence electrons. The Morgan fingerprint density at radius 3 is 2.66 bits per heavy atom. The van der Waals surface area contributed by atoms with Gasteiger partial charge in [0.05, 0.1) is 19.3 Å². The zero-order valence-electron chi connectivity index (χ0n) is 16.8. The van der Waals surface area contributed by atoms with Gasteiger partial charge < -0.3 is 9.84 Å². The van der Waals surface area contributed by atoms with Crippen LogP contribution < -0.4 is 5.32 Å². The van der Waals surface area contributed by atoms with E-state index < -0.39 is 11.7 Å². The first-order valence-electron chi connectivity index (χ1n) is 9.44. The van der Waals surface area contributed by atoms with Crippen LogP contribution in [0.3, 0.4) is 0 Å². The topological polar surface area (TPSA) is 101 Å². The number of nitrogens with one attached hydrogen (secondary N) is 1. The van der Waals surface area contributed by atoms with E-state index in [-0.39, 0.29) is 24.5 Å². The highest BCUT2D eigenvalue weighted by molar-refractivity contribution is 6.08. The molecule has 1 aromatic carbocycles. The molecule has 3 rings (SSSR count). The van der Waals surface area contributed by atoms with Gasteiger partial charge in [-0.2, -0.15) is 0 Å². The minimum Gasteiger partial charge on any atom is -0.453 e. The van der Waals surface area contributed by atoms with Crippen molar-refractivity contribution in [2.45, 2.75) is 44.8 Å². The molecule has 1 amide bonds. The van der Waals surface area contributed by atoms with Gasteiger partial charge in [0.2, 0.25) is 0 Å². The van der Waals surface area contributed by atoms with Gasteiger partial charge in [0.15, 0.2) is 0 Å². The molecule has 2 N–H and O–H groups in total. The fraction of sp³-hybridized carbons (Fsp3) is 0.364. The van der Waals surface area contributed by atoms with Crippen LogP contribution in [0.2, 0.25) is 0 Å². The molecular weight excluding hydrogens is 370 g/mol. The predicted molar refractivity (Wildman–Crippen MR) is 109 cm³/mol. The number of aromatic nitrogens is 1. The van der Waals surface area contributed by atoms with Crippen LogP contribution in [0.15, 0.2) is 47.6 Å². The Hall–Kier alpha value is -3.06. The summed E-state index contributed by atoms with van der Waals surface area (Å²) in [6.07, 6.45) is 1.42. The van der Waals surface area contributed by atoms with Gasteiger partial charge in [0.1, 0.15) is 11.6 Å². The van der Waals surface area contributed by atoms with Crippen LogP contribution in [-0.4, -0.2) is 40.5 Å². The molecule has 29 heavy (non-hydrogen) atoms. The van der Waals surface area contributed by atoms with Crippen molar-refractivity contribution in [2.75, 3.05) is 7.11 Å². The minimum atomic E-state index is -1.02. The van der Waals surface area contributed by atoms with Crippen LogP contribution in [0.25, 0.3) is 0 Å². The van der Waals surface area contributed by atoms with Gasteiger partial charge >= 0.3 is 6.09 Å². The molecule has 0 fully saturated rings. The predicted octanol–water partition coefficient (Wildman–Crippen LogP) is 2.75. The average molecular weight is 395 g/mol. The van der Waals surface area contributed by atoms with Crippen molar-refractivity contribution in [1.82, 2.24) is 10.3 Å². The first-order valence-corrected chi connectivity index (χ1v) is 9.44. The smallest absolute Gasteiger partial charge is 0.412 e. The van der Waals surface area contributed by atoms with Crippen LogP contribution in [0.1, 0.15) is 48.6 Å². The summed E-state index contributed by atoms with van der Waals surface area (Å²) in [4.78, 5) is 32.8. The minimum absolute atomic E-state index is 0.000234. The van der Waals surface area contributed by atoms with Crippen molar-refractivity contribution in [3.8, 4) is 0 Å². The molecule has 2 heterocycles. The first-order chi connectivity index (χ1) is 13.8. The summed E-state index contributed by atoms with van der Waals surface area (Å²) in [5.74, 6) is 0.119. The second kappa shape index (κ2) is 8.53. The van der Waals surface area contributed by atoms with E-state index in [0.29, 0.717) is 18.1 Å². The number of carbonyl (C=O) groups is 2. The lowest BCUT2D eigenvalue weighted by atomic mass is 9.80. The van der Waals surface area contributed by atoms with E-state index in [1.54, 1.807) is 20.0 Å². The number of rotatable bonds is 6. The summed E-state index contributed by atoms with van der Waals surface area (Å²) in [5, 5.41) is 13.1. The summed E-state index contributed by atoms with van der Waals surface area (Å²) in [6, 6.07) is 11.4. The monoisotopic (exact) mass is 395 g/mol. The fourth-order valence-electron chi connectivity index (χ4n) is 3.45. The third kappa shape index (κ3) is 5.06. The first kappa shape index (κ1) is 20.7. The van der Waals surface area contributed by atoms with Crippen molar-refractivity contribution in [1.29, 1.82) is 0 Å². The van der Waals surface area contributed by atoms with E-state index in [4.69, 9.17) is 0 Å². The number of amidine groups is 1. The zero-order chi connectivity index (χ0) is 21.0. The largest absolute Gasteiger partial charge is 0.453 e. The summed E-state index contributed by atoms with van der Waals surface area (Å²) < 4.78 is 4.59. The molecule has 1 aromatic heterocycles. The van der Waals surface area contributed by atoms with E-state index in [2.05, 4.69) is 20.0 Å². The number of amides is 1. The lowest BCUT2D eigenvalue weighted by molar-refractivity contribution is -0.120. The Kier molecular flexibility index (Phi) is 6.08. The molecule has 0 aliphatic carbocycles. The number of Topliss-reactive ketones (excluding diaryl/α,β-unsaturated/α-hetero) is 1. The van der Waals surface area contributed by atoms with Crippen molar-refractivity contribution in [2.24, 2.45) is 4.99 Å². The number of hydrogen-bond acceptors (Lipinski definition) is 6. The number of alkyl carbamates (subject to hydrolysis) is 1. The quantitative estimate of drug-likeness (QED) is 0.783. The lowest BCUT2D eigenvalue weighted by Crippen LogP contribution is -2.31. The highest BCUT2D eigenvalue weighted by atomic mass is 16.5. The van der Waals surface area contributed by atoms with E-state index in [1.807, 2.05) is 36.4 Å². The SMILES string of the molecule is COC(=O)NC1=NCc2cc(CC(=O)C[C@@H](c3ccccc3)C(C)(C)O)ncc21. The van der Waals surface area contributed by atoms with Crippen molar-refractivity contribution in [3.63, 3.8) is 0 Å². The maximum atomic E-state index is 12.7. The number of pyridine rings is 1. The third-order valence-electron chi connectivity index (χ3n) is 4.98. The van der Waals surface area contributed by atoms with Crippen LogP contribution in [0.4, 0.5) is 4.79 Å². The highest BCUT2D eigenvalue weighted by Gasteiger charge is 2.30. The number of hydrogen-bond donors (Lipinski definition) is 2. The molecule has 0 radical (unpaired) electrons. The zero-order valence-corrected chi connectivity index (χ0v) is 16.8. The normalized spacial score (nSPS) is 14.0. The fourth-order valence-corrected chi connectivity index (χ4v) is 3.45. The lowest BCUT2D eigenvalue weighted by Gasteiger charge is -2.29. The van der Waals surface area contributed by atoms with Crippen molar-refractivity contribution in [3.05, 3.63) is 65.0 Å². The highest BCUT2D eigenvalue weighted by Crippen LogP contribution is 2.31. The molecule has 7 heteroatoms.